The summed E-state index contributed by atoms with van der Waals surface area (Å²) in [5, 5.41) is 13.0. The first-order chi connectivity index (χ1) is 6.70. The van der Waals surface area contributed by atoms with E-state index in [1.165, 1.54) is 0 Å². The molecular weight excluding hydrogens is 212 g/mol. The molecular formula is C10H12N2S2. The van der Waals surface area contributed by atoms with Crippen LogP contribution in [0.25, 0.3) is 0 Å². The second-order valence-electron chi connectivity index (χ2n) is 3.14. The number of thiol groups is 1. The van der Waals surface area contributed by atoms with Gasteiger partial charge >= 0.3 is 0 Å². The monoisotopic (exact) mass is 224 g/mol. The van der Waals surface area contributed by atoms with Crippen molar-refractivity contribution in [2.24, 2.45) is 0 Å². The van der Waals surface area contributed by atoms with Crippen molar-refractivity contribution in [1.29, 1.82) is 5.26 Å². The summed E-state index contributed by atoms with van der Waals surface area (Å²) in [6.07, 6.45) is 0. The molecule has 1 heterocycles. The predicted molar refractivity (Wildman–Crippen MR) is 63.2 cm³/mol. The maximum Gasteiger partial charge on any atom is 0.0967 e. The van der Waals surface area contributed by atoms with Crippen molar-refractivity contribution in [3.8, 4) is 6.07 Å². The van der Waals surface area contributed by atoms with Gasteiger partial charge in [0.15, 0.2) is 0 Å². The Morgan fingerprint density at radius 2 is 2.36 bits per heavy atom. The lowest BCUT2D eigenvalue weighted by atomic mass is 10.00. The number of thiophene rings is 1. The van der Waals surface area contributed by atoms with Crippen molar-refractivity contribution in [2.75, 3.05) is 0 Å². The van der Waals surface area contributed by atoms with Crippen LogP contribution in [0.5, 0.6) is 0 Å². The Hall–Kier alpha value is -0.760. The fourth-order valence-corrected chi connectivity index (χ4v) is 2.17. The van der Waals surface area contributed by atoms with Crippen LogP contribution >= 0.6 is 24.2 Å². The minimum absolute atomic E-state index is 0.0976. The minimum Gasteiger partial charge on any atom is -0.254 e. The summed E-state index contributed by atoms with van der Waals surface area (Å²) < 4.78 is 2.86. The van der Waals surface area contributed by atoms with Gasteiger partial charge in [-0.15, -0.1) is 0 Å². The summed E-state index contributed by atoms with van der Waals surface area (Å²) in [5.74, 6) is 0. The highest BCUT2D eigenvalue weighted by molar-refractivity contribution is 7.78. The molecule has 0 amide bonds. The van der Waals surface area contributed by atoms with Gasteiger partial charge in [-0.1, -0.05) is 18.4 Å². The Bertz CT molecular complexity index is 356. The summed E-state index contributed by atoms with van der Waals surface area (Å²) in [5.41, 5.74) is 2.84. The largest absolute Gasteiger partial charge is 0.254 e. The van der Waals surface area contributed by atoms with Crippen LogP contribution in [0.2, 0.25) is 0 Å². The molecule has 74 valence electrons. The van der Waals surface area contributed by atoms with Crippen molar-refractivity contribution >= 4 is 24.2 Å². The van der Waals surface area contributed by atoms with E-state index in [9.17, 15) is 0 Å². The summed E-state index contributed by atoms with van der Waals surface area (Å²) in [4.78, 5) is 0. The van der Waals surface area contributed by atoms with Crippen LogP contribution in [0.1, 0.15) is 25.5 Å². The number of nitrogens with one attached hydrogen (secondary N) is 1. The van der Waals surface area contributed by atoms with Crippen LogP contribution in [-0.4, -0.2) is 0 Å². The van der Waals surface area contributed by atoms with E-state index in [1.807, 2.05) is 30.7 Å². The molecule has 0 fully saturated rings. The standard InChI is InChI=1S/C10H12N2S2/c1-7(2)9(5-11)10(12-13)8-3-4-14-6-8/h3-4,6,10,12-13H,1-2H3. The molecule has 1 N–H and O–H groups in total. The molecule has 0 aliphatic rings. The molecule has 0 aliphatic heterocycles. The van der Waals surface area contributed by atoms with Gasteiger partial charge in [0, 0.05) is 0 Å². The number of hydrogen-bond acceptors (Lipinski definition) is 4. The quantitative estimate of drug-likeness (QED) is 0.611. The van der Waals surface area contributed by atoms with E-state index in [-0.39, 0.29) is 6.04 Å². The Kier molecular flexibility index (Phi) is 4.21. The SMILES string of the molecule is CC(C)=C(C#N)C(NS)c1ccsc1. The van der Waals surface area contributed by atoms with E-state index in [1.54, 1.807) is 11.3 Å². The van der Waals surface area contributed by atoms with Crippen LogP contribution in [-0.2, 0) is 0 Å². The van der Waals surface area contributed by atoms with Gasteiger partial charge < -0.3 is 0 Å². The first-order valence-corrected chi connectivity index (χ1v) is 5.59. The van der Waals surface area contributed by atoms with Gasteiger partial charge in [-0.2, -0.15) is 16.6 Å². The van der Waals surface area contributed by atoms with Gasteiger partial charge in [-0.3, -0.25) is 4.72 Å². The van der Waals surface area contributed by atoms with E-state index in [2.05, 4.69) is 23.6 Å². The summed E-state index contributed by atoms with van der Waals surface area (Å²) in [7, 11) is 0. The maximum absolute atomic E-state index is 9.02. The lowest BCUT2D eigenvalue weighted by Gasteiger charge is -2.14. The van der Waals surface area contributed by atoms with Gasteiger partial charge in [0.25, 0.3) is 0 Å². The smallest absolute Gasteiger partial charge is 0.0967 e. The van der Waals surface area contributed by atoms with Gasteiger partial charge in [0.2, 0.25) is 0 Å². The first-order valence-electron chi connectivity index (χ1n) is 4.20. The van der Waals surface area contributed by atoms with E-state index < -0.39 is 0 Å². The molecule has 0 bridgehead atoms. The molecule has 0 saturated carbocycles. The van der Waals surface area contributed by atoms with Crippen molar-refractivity contribution in [3.05, 3.63) is 33.5 Å². The molecule has 0 aliphatic carbocycles. The zero-order chi connectivity index (χ0) is 10.6. The number of nitrogens with zero attached hydrogens (tertiary/aromatic N) is 1. The Balaban J connectivity index is 3.06. The number of allylic oxidation sites excluding steroid dienone is 1. The highest BCUT2D eigenvalue weighted by Gasteiger charge is 2.16. The first kappa shape index (κ1) is 11.3. The topological polar surface area (TPSA) is 35.8 Å². The predicted octanol–water partition coefficient (Wildman–Crippen LogP) is 3.08. The third-order valence-electron chi connectivity index (χ3n) is 1.95. The third kappa shape index (κ3) is 2.38. The molecule has 0 radical (unpaired) electrons. The second kappa shape index (κ2) is 5.20. The van der Waals surface area contributed by atoms with Crippen molar-refractivity contribution < 1.29 is 0 Å². The molecule has 1 atom stereocenters. The van der Waals surface area contributed by atoms with Crippen LogP contribution in [0.3, 0.4) is 0 Å². The summed E-state index contributed by atoms with van der Waals surface area (Å²) in [6.45, 7) is 3.87. The Labute approximate surface area is 93.8 Å². The molecule has 1 aromatic rings. The summed E-state index contributed by atoms with van der Waals surface area (Å²) >= 11 is 5.68. The normalized spacial score (nSPS) is 11.9. The molecule has 0 saturated heterocycles. The zero-order valence-electron chi connectivity index (χ0n) is 8.11. The zero-order valence-corrected chi connectivity index (χ0v) is 9.82. The van der Waals surface area contributed by atoms with E-state index in [0.717, 1.165) is 16.7 Å². The van der Waals surface area contributed by atoms with E-state index in [0.29, 0.717) is 0 Å². The third-order valence-corrected chi connectivity index (χ3v) is 2.91. The molecule has 1 aromatic heterocycles. The Morgan fingerprint density at radius 3 is 2.71 bits per heavy atom. The fourth-order valence-electron chi connectivity index (χ4n) is 1.21. The second-order valence-corrected chi connectivity index (χ2v) is 4.18. The van der Waals surface area contributed by atoms with Crippen LogP contribution < -0.4 is 4.72 Å². The molecule has 1 unspecified atom stereocenters. The van der Waals surface area contributed by atoms with Gasteiger partial charge in [-0.05, 0) is 36.2 Å². The van der Waals surface area contributed by atoms with Crippen LogP contribution in [0.15, 0.2) is 28.0 Å². The van der Waals surface area contributed by atoms with E-state index >= 15 is 0 Å². The highest BCUT2D eigenvalue weighted by Crippen LogP contribution is 2.25. The van der Waals surface area contributed by atoms with Gasteiger partial charge in [-0.25, -0.2) is 0 Å². The summed E-state index contributed by atoms with van der Waals surface area (Å²) in [6, 6.07) is 4.11. The fraction of sp³-hybridized carbons (Fsp3) is 0.300. The molecule has 1 rings (SSSR count). The average Bonchev–Trinajstić information content (AvgIpc) is 2.65. The lowest BCUT2D eigenvalue weighted by molar-refractivity contribution is 0.804. The highest BCUT2D eigenvalue weighted by atomic mass is 32.1. The number of nitriles is 1. The van der Waals surface area contributed by atoms with Gasteiger partial charge in [0.05, 0.1) is 17.7 Å². The molecule has 14 heavy (non-hydrogen) atoms. The molecule has 2 nitrogen and oxygen atoms in total. The van der Waals surface area contributed by atoms with Crippen LogP contribution in [0, 0.1) is 11.3 Å². The lowest BCUT2D eigenvalue weighted by Crippen LogP contribution is -2.13. The van der Waals surface area contributed by atoms with Crippen LogP contribution in [0.4, 0.5) is 0 Å². The van der Waals surface area contributed by atoms with Gasteiger partial charge in [0.1, 0.15) is 0 Å². The van der Waals surface area contributed by atoms with Crippen molar-refractivity contribution in [1.82, 2.24) is 4.72 Å². The van der Waals surface area contributed by atoms with Crippen molar-refractivity contribution in [3.63, 3.8) is 0 Å². The molecule has 0 aromatic carbocycles. The number of hydrogen-bond donors (Lipinski definition) is 2. The Morgan fingerprint density at radius 1 is 1.64 bits per heavy atom. The number of rotatable bonds is 3. The molecule has 0 spiro atoms. The van der Waals surface area contributed by atoms with E-state index in [4.69, 9.17) is 5.26 Å². The minimum atomic E-state index is -0.0976. The maximum atomic E-state index is 9.02. The average molecular weight is 224 g/mol. The molecule has 4 heteroatoms. The van der Waals surface area contributed by atoms with Crippen molar-refractivity contribution in [2.45, 2.75) is 19.9 Å².